The van der Waals surface area contributed by atoms with Gasteiger partial charge in [-0.05, 0) is 60.8 Å². The molecule has 1 heterocycles. The average molecular weight is 455 g/mol. The van der Waals surface area contributed by atoms with Crippen LogP contribution in [-0.4, -0.2) is 53.8 Å². The number of rotatable bonds is 11. The Balaban J connectivity index is 3.01. The Kier molecular flexibility index (Phi) is 9.83. The molecule has 0 spiro atoms. The van der Waals surface area contributed by atoms with Crippen molar-refractivity contribution < 1.29 is 32.3 Å². The number of oxime groups is 1. The molecule has 170 valence electrons. The van der Waals surface area contributed by atoms with Gasteiger partial charge in [0.2, 0.25) is 0 Å². The largest absolute Gasteiger partial charge is 0.465 e. The summed E-state index contributed by atoms with van der Waals surface area (Å²) in [4.78, 5) is 10.2. The molecule has 0 saturated carbocycles. The number of nitrogens with two attached hydrogens (primary N) is 1. The van der Waals surface area contributed by atoms with Crippen molar-refractivity contribution in [2.24, 2.45) is 10.9 Å². The maximum atomic E-state index is 14.1. The Morgan fingerprint density at radius 3 is 2.34 bits per heavy atom. The molecular formula is C17H35N3O7P2. The Labute approximate surface area is 173 Å². The predicted molar refractivity (Wildman–Crippen MR) is 112 cm³/mol. The number of hydrogen-bond acceptors (Lipinski definition) is 9. The third-order valence-electron chi connectivity index (χ3n) is 4.66. The van der Waals surface area contributed by atoms with Crippen LogP contribution in [0.1, 0.15) is 60.8 Å². The first kappa shape index (κ1) is 26.1. The van der Waals surface area contributed by atoms with Crippen LogP contribution < -0.4 is 5.73 Å². The molecule has 0 saturated heterocycles. The van der Waals surface area contributed by atoms with E-state index >= 15 is 0 Å². The number of carbonyl (C=O) groups excluding carboxylic acids is 1. The molecule has 0 amide bonds. The first-order valence-electron chi connectivity index (χ1n) is 9.93. The third kappa shape index (κ3) is 5.61. The minimum Gasteiger partial charge on any atom is -0.465 e. The summed E-state index contributed by atoms with van der Waals surface area (Å²) in [5.41, 5.74) is 5.82. The number of hydrogen-bond donors (Lipinski definition) is 1. The fourth-order valence-electron chi connectivity index (χ4n) is 2.94. The van der Waals surface area contributed by atoms with E-state index in [4.69, 9.17) is 24.1 Å². The molecule has 3 atom stereocenters. The summed E-state index contributed by atoms with van der Waals surface area (Å²) in [6, 6.07) is -0.703. The highest BCUT2D eigenvalue weighted by Gasteiger charge is 2.63. The maximum absolute atomic E-state index is 14.1. The molecule has 2 N–H and O–H groups in total. The molecular weight excluding hydrogens is 420 g/mol. The summed E-state index contributed by atoms with van der Waals surface area (Å²) in [7, 11) is -7.56. The van der Waals surface area contributed by atoms with E-state index in [1.54, 1.807) is 41.5 Å². The van der Waals surface area contributed by atoms with Crippen molar-refractivity contribution in [3.8, 4) is 0 Å². The van der Waals surface area contributed by atoms with E-state index in [9.17, 15) is 13.9 Å². The zero-order valence-electron chi connectivity index (χ0n) is 18.3. The fourth-order valence-corrected chi connectivity index (χ4v) is 8.31. The number of ether oxygens (including phenoxy) is 1. The summed E-state index contributed by atoms with van der Waals surface area (Å²) >= 11 is 0. The molecule has 0 aromatic heterocycles. The van der Waals surface area contributed by atoms with Gasteiger partial charge in [-0.25, -0.2) is 4.57 Å². The van der Waals surface area contributed by atoms with Crippen LogP contribution in [0.2, 0.25) is 0 Å². The van der Waals surface area contributed by atoms with E-state index in [1.165, 1.54) is 4.67 Å². The van der Waals surface area contributed by atoms with Gasteiger partial charge in [-0.1, -0.05) is 5.16 Å². The number of carbonyl (C=O) groups is 1. The van der Waals surface area contributed by atoms with E-state index in [-0.39, 0.29) is 19.8 Å². The highest BCUT2D eigenvalue weighted by molar-refractivity contribution is 7.75. The second-order valence-electron chi connectivity index (χ2n) is 7.05. The summed E-state index contributed by atoms with van der Waals surface area (Å²) < 4.78 is 50.2. The van der Waals surface area contributed by atoms with Crippen molar-refractivity contribution >= 4 is 26.9 Å². The van der Waals surface area contributed by atoms with Crippen LogP contribution >= 0.6 is 15.1 Å². The summed E-state index contributed by atoms with van der Waals surface area (Å²) in [6.45, 7) is 10.7. The number of nitrogens with zero attached hydrogens (tertiary/aromatic N) is 2. The van der Waals surface area contributed by atoms with Crippen molar-refractivity contribution in [1.29, 1.82) is 0 Å². The molecule has 0 bridgehead atoms. The molecule has 0 radical (unpaired) electrons. The maximum Gasteiger partial charge on any atom is 0.416 e. The number of amidine groups is 1. The molecule has 10 nitrogen and oxygen atoms in total. The van der Waals surface area contributed by atoms with Gasteiger partial charge in [0.1, 0.15) is 11.9 Å². The van der Waals surface area contributed by atoms with Crippen LogP contribution in [0.15, 0.2) is 5.16 Å². The minimum atomic E-state index is -3.86. The second kappa shape index (κ2) is 10.9. The van der Waals surface area contributed by atoms with Gasteiger partial charge >= 0.3 is 21.1 Å². The highest BCUT2D eigenvalue weighted by atomic mass is 31.2. The summed E-state index contributed by atoms with van der Waals surface area (Å²) in [6.07, 6.45) is 1.59. The Morgan fingerprint density at radius 2 is 1.79 bits per heavy atom. The average Bonchev–Trinajstić information content (AvgIpc) is 2.70. The highest BCUT2D eigenvalue weighted by Crippen LogP contribution is 2.79. The van der Waals surface area contributed by atoms with Crippen molar-refractivity contribution in [3.05, 3.63) is 0 Å². The SMILES string of the molecule is CCOC(=O)C(N)CCCCN1C(C)=NOP(=O)(OCC)C(C)(C)P1(=O)OCC. The van der Waals surface area contributed by atoms with Crippen molar-refractivity contribution in [1.82, 2.24) is 4.67 Å². The molecule has 1 aliphatic rings. The molecule has 12 heteroatoms. The van der Waals surface area contributed by atoms with Crippen molar-refractivity contribution in [2.45, 2.75) is 71.7 Å². The van der Waals surface area contributed by atoms with E-state index in [0.29, 0.717) is 31.6 Å². The number of esters is 1. The molecule has 0 aromatic rings. The fraction of sp³-hybridized carbons (Fsp3) is 0.882. The quantitative estimate of drug-likeness (QED) is 0.280. The molecule has 0 fully saturated rings. The van der Waals surface area contributed by atoms with Gasteiger partial charge in [-0.15, -0.1) is 0 Å². The van der Waals surface area contributed by atoms with Crippen LogP contribution in [0.3, 0.4) is 0 Å². The van der Waals surface area contributed by atoms with Crippen LogP contribution in [0, 0.1) is 0 Å². The van der Waals surface area contributed by atoms with Crippen LogP contribution in [0.5, 0.6) is 0 Å². The summed E-state index contributed by atoms with van der Waals surface area (Å²) in [5, 5.41) is 3.92. The lowest BCUT2D eigenvalue weighted by atomic mass is 10.1. The first-order chi connectivity index (χ1) is 13.5. The molecule has 0 aliphatic carbocycles. The van der Waals surface area contributed by atoms with Crippen molar-refractivity contribution in [2.75, 3.05) is 26.4 Å². The number of unbranched alkanes of at least 4 members (excludes halogenated alkanes) is 1. The first-order valence-corrected chi connectivity index (χ1v) is 13.1. The molecule has 29 heavy (non-hydrogen) atoms. The summed E-state index contributed by atoms with van der Waals surface area (Å²) in [5.74, 6) is -0.144. The van der Waals surface area contributed by atoms with E-state index in [1.807, 2.05) is 0 Å². The van der Waals surface area contributed by atoms with Crippen LogP contribution in [-0.2, 0) is 32.3 Å². The minimum absolute atomic E-state index is 0.118. The van der Waals surface area contributed by atoms with E-state index < -0.39 is 32.0 Å². The van der Waals surface area contributed by atoms with Gasteiger partial charge in [0.05, 0.1) is 19.8 Å². The van der Waals surface area contributed by atoms with Gasteiger partial charge in [0.15, 0.2) is 4.90 Å². The Bertz CT molecular complexity index is 684. The predicted octanol–water partition coefficient (Wildman–Crippen LogP) is 3.91. The van der Waals surface area contributed by atoms with Crippen LogP contribution in [0.25, 0.3) is 0 Å². The standard InChI is InChI=1S/C17H35N3O7P2/c1-7-24-16(21)15(18)12-10-11-13-20-14(4)19-27-29(23,26-9-3)17(5,6)28(20,22)25-8-2/h15H,7-13,18H2,1-6H3. The van der Waals surface area contributed by atoms with Gasteiger partial charge in [-0.2, -0.15) is 0 Å². The zero-order chi connectivity index (χ0) is 22.3. The van der Waals surface area contributed by atoms with Gasteiger partial charge < -0.3 is 19.6 Å². The lowest BCUT2D eigenvalue weighted by Crippen LogP contribution is -2.36. The topological polar surface area (TPSA) is 130 Å². The molecule has 1 rings (SSSR count). The third-order valence-corrected chi connectivity index (χ3v) is 11.5. The zero-order valence-corrected chi connectivity index (χ0v) is 20.0. The Hall–Kier alpha value is -0.920. The Morgan fingerprint density at radius 1 is 1.17 bits per heavy atom. The van der Waals surface area contributed by atoms with Gasteiger partial charge in [0.25, 0.3) is 0 Å². The lowest BCUT2D eigenvalue weighted by Gasteiger charge is -2.40. The van der Waals surface area contributed by atoms with Crippen LogP contribution in [0.4, 0.5) is 0 Å². The second-order valence-corrected chi connectivity index (χ2v) is 12.8. The lowest BCUT2D eigenvalue weighted by molar-refractivity contribution is -0.144. The molecule has 0 aromatic carbocycles. The van der Waals surface area contributed by atoms with Gasteiger partial charge in [-0.3, -0.25) is 18.6 Å². The molecule has 1 aliphatic heterocycles. The normalized spacial score (nSPS) is 27.6. The van der Waals surface area contributed by atoms with E-state index in [0.717, 1.165) is 0 Å². The van der Waals surface area contributed by atoms with E-state index in [2.05, 4.69) is 5.16 Å². The molecule has 3 unspecified atom stereocenters. The monoisotopic (exact) mass is 455 g/mol. The van der Waals surface area contributed by atoms with Gasteiger partial charge in [0, 0.05) is 6.54 Å². The smallest absolute Gasteiger partial charge is 0.416 e. The van der Waals surface area contributed by atoms with Crippen molar-refractivity contribution in [3.63, 3.8) is 0 Å².